The van der Waals surface area contributed by atoms with E-state index in [9.17, 15) is 14.7 Å². The second-order valence-corrected chi connectivity index (χ2v) is 6.62. The highest BCUT2D eigenvalue weighted by Crippen LogP contribution is 2.24. The molecule has 4 N–H and O–H groups in total. The number of nitrogens with zero attached hydrogens (tertiary/aromatic N) is 3. The lowest BCUT2D eigenvalue weighted by molar-refractivity contribution is -0.136. The molecule has 3 rings (SSSR count). The van der Waals surface area contributed by atoms with Gasteiger partial charge in [-0.2, -0.15) is 5.10 Å². The largest absolute Gasteiger partial charge is 0.506 e. The van der Waals surface area contributed by atoms with Crippen molar-refractivity contribution >= 4 is 11.9 Å². The number of carbonyl (C=O) groups excluding carboxylic acids is 2. The maximum atomic E-state index is 12.5. The van der Waals surface area contributed by atoms with E-state index in [2.05, 4.69) is 15.4 Å². The van der Waals surface area contributed by atoms with Crippen LogP contribution in [0.2, 0.25) is 0 Å². The number of rotatable bonds is 6. The molecule has 148 valence electrons. The zero-order valence-electron chi connectivity index (χ0n) is 15.6. The lowest BCUT2D eigenvalue weighted by Gasteiger charge is -2.21. The molecule has 0 saturated carbocycles. The number of allylic oxidation sites excluding steroid dienone is 1. The van der Waals surface area contributed by atoms with E-state index in [0.29, 0.717) is 29.9 Å². The first kappa shape index (κ1) is 19.6. The molecule has 2 heterocycles. The standard InChI is InChI=1S/C19H23N5O4/c1-28-19(27)14-4-2-3-5-16(14)23-18(26)15(20)8-12-9-22-24(11-12)17-7-6-13(25)10-21-17/h6-7,9-11,15,25H,2-5,8,20H2,1H3,(H,23,26). The maximum Gasteiger partial charge on any atom is 0.335 e. The van der Waals surface area contributed by atoms with Crippen molar-refractivity contribution in [2.45, 2.75) is 38.1 Å². The van der Waals surface area contributed by atoms with Crippen LogP contribution in [0.25, 0.3) is 5.82 Å². The molecule has 9 heteroatoms. The first-order valence-electron chi connectivity index (χ1n) is 9.03. The molecule has 0 bridgehead atoms. The van der Waals surface area contributed by atoms with Crippen molar-refractivity contribution in [3.63, 3.8) is 0 Å². The van der Waals surface area contributed by atoms with Gasteiger partial charge in [0.1, 0.15) is 5.75 Å². The summed E-state index contributed by atoms with van der Waals surface area (Å²) in [6.45, 7) is 0. The lowest BCUT2D eigenvalue weighted by Crippen LogP contribution is -2.42. The van der Waals surface area contributed by atoms with Gasteiger partial charge in [-0.15, -0.1) is 0 Å². The molecule has 0 spiro atoms. The number of aromatic hydroxyl groups is 1. The fourth-order valence-electron chi connectivity index (χ4n) is 3.08. The van der Waals surface area contributed by atoms with Gasteiger partial charge in [-0.25, -0.2) is 14.5 Å². The number of aromatic nitrogens is 3. The van der Waals surface area contributed by atoms with Crippen LogP contribution in [0, 0.1) is 0 Å². The van der Waals surface area contributed by atoms with Crippen LogP contribution in [0.3, 0.4) is 0 Å². The number of nitrogens with one attached hydrogen (secondary N) is 1. The van der Waals surface area contributed by atoms with E-state index in [1.165, 1.54) is 19.4 Å². The predicted octanol–water partition coefficient (Wildman–Crippen LogP) is 0.960. The van der Waals surface area contributed by atoms with Crippen molar-refractivity contribution in [1.29, 1.82) is 0 Å². The minimum atomic E-state index is -0.793. The molecular formula is C19H23N5O4. The summed E-state index contributed by atoms with van der Waals surface area (Å²) >= 11 is 0. The number of hydrogen-bond donors (Lipinski definition) is 3. The number of nitrogens with two attached hydrogens (primary N) is 1. The van der Waals surface area contributed by atoms with Gasteiger partial charge in [0.2, 0.25) is 5.91 Å². The normalized spacial score (nSPS) is 15.2. The van der Waals surface area contributed by atoms with Crippen molar-refractivity contribution in [3.8, 4) is 11.6 Å². The summed E-state index contributed by atoms with van der Waals surface area (Å²) in [7, 11) is 1.33. The summed E-state index contributed by atoms with van der Waals surface area (Å²) in [5, 5.41) is 16.3. The summed E-state index contributed by atoms with van der Waals surface area (Å²) in [6.07, 6.45) is 7.94. The van der Waals surface area contributed by atoms with Gasteiger partial charge in [-0.3, -0.25) is 4.79 Å². The van der Waals surface area contributed by atoms with Crippen molar-refractivity contribution in [3.05, 3.63) is 47.6 Å². The summed E-state index contributed by atoms with van der Waals surface area (Å²) in [6, 6.07) is 2.35. The average Bonchev–Trinajstić information content (AvgIpc) is 3.16. The highest BCUT2D eigenvalue weighted by atomic mass is 16.5. The zero-order chi connectivity index (χ0) is 20.1. The van der Waals surface area contributed by atoms with Gasteiger partial charge >= 0.3 is 5.97 Å². The lowest BCUT2D eigenvalue weighted by atomic mass is 9.96. The van der Waals surface area contributed by atoms with E-state index in [1.807, 2.05) is 0 Å². The Kier molecular flexibility index (Phi) is 6.05. The molecule has 1 aliphatic carbocycles. The molecule has 28 heavy (non-hydrogen) atoms. The number of carbonyl (C=O) groups is 2. The monoisotopic (exact) mass is 385 g/mol. The Morgan fingerprint density at radius 3 is 2.82 bits per heavy atom. The molecule has 2 aromatic rings. The number of amides is 1. The Morgan fingerprint density at radius 1 is 1.32 bits per heavy atom. The molecule has 0 saturated heterocycles. The van der Waals surface area contributed by atoms with Crippen LogP contribution in [0.5, 0.6) is 5.75 Å². The summed E-state index contributed by atoms with van der Waals surface area (Å²) < 4.78 is 6.34. The number of ether oxygens (including phenoxy) is 1. The van der Waals surface area contributed by atoms with Gasteiger partial charge in [0.15, 0.2) is 5.82 Å². The van der Waals surface area contributed by atoms with Gasteiger partial charge in [-0.1, -0.05) is 0 Å². The minimum Gasteiger partial charge on any atom is -0.506 e. The molecule has 1 atom stereocenters. The van der Waals surface area contributed by atoms with Crippen LogP contribution in [0.15, 0.2) is 42.0 Å². The third-order valence-corrected chi connectivity index (χ3v) is 4.57. The van der Waals surface area contributed by atoms with Crippen LogP contribution in [0.4, 0.5) is 0 Å². The van der Waals surface area contributed by atoms with Gasteiger partial charge < -0.3 is 20.9 Å². The van der Waals surface area contributed by atoms with Crippen LogP contribution < -0.4 is 11.1 Å². The van der Waals surface area contributed by atoms with Crippen LogP contribution in [0.1, 0.15) is 31.2 Å². The second kappa shape index (κ2) is 8.66. The molecule has 9 nitrogen and oxygen atoms in total. The highest BCUT2D eigenvalue weighted by molar-refractivity contribution is 5.91. The molecule has 0 aromatic carbocycles. The van der Waals surface area contributed by atoms with Crippen LogP contribution in [-0.2, 0) is 20.7 Å². The summed E-state index contributed by atoms with van der Waals surface area (Å²) in [5.41, 5.74) is 7.93. The Morgan fingerprint density at radius 2 is 2.11 bits per heavy atom. The van der Waals surface area contributed by atoms with E-state index in [0.717, 1.165) is 18.4 Å². The zero-order valence-corrected chi connectivity index (χ0v) is 15.6. The van der Waals surface area contributed by atoms with E-state index < -0.39 is 12.0 Å². The van der Waals surface area contributed by atoms with E-state index in [4.69, 9.17) is 10.5 Å². The van der Waals surface area contributed by atoms with Crippen molar-refractivity contribution in [1.82, 2.24) is 20.1 Å². The number of esters is 1. The highest BCUT2D eigenvalue weighted by Gasteiger charge is 2.23. The van der Waals surface area contributed by atoms with Crippen molar-refractivity contribution < 1.29 is 19.4 Å². The first-order valence-corrected chi connectivity index (χ1v) is 9.03. The smallest absolute Gasteiger partial charge is 0.335 e. The first-order chi connectivity index (χ1) is 13.5. The molecule has 1 aliphatic rings. The third kappa shape index (κ3) is 4.55. The molecule has 0 aliphatic heterocycles. The molecule has 2 aromatic heterocycles. The van der Waals surface area contributed by atoms with Gasteiger partial charge in [0, 0.05) is 11.9 Å². The fraction of sp³-hybridized carbons (Fsp3) is 0.368. The summed E-state index contributed by atoms with van der Waals surface area (Å²) in [5.74, 6) is -0.157. The van der Waals surface area contributed by atoms with Crippen LogP contribution in [-0.4, -0.2) is 44.9 Å². The molecule has 0 fully saturated rings. The SMILES string of the molecule is COC(=O)C1=C(NC(=O)C(N)Cc2cnn(-c3ccc(O)cn3)c2)CCCC1. The third-order valence-electron chi connectivity index (χ3n) is 4.57. The molecule has 1 amide bonds. The average molecular weight is 385 g/mol. The Labute approximate surface area is 162 Å². The Hall–Kier alpha value is -3.20. The minimum absolute atomic E-state index is 0.0677. The Balaban J connectivity index is 1.65. The maximum absolute atomic E-state index is 12.5. The number of hydrogen-bond acceptors (Lipinski definition) is 7. The van der Waals surface area contributed by atoms with Crippen LogP contribution >= 0.6 is 0 Å². The van der Waals surface area contributed by atoms with E-state index in [-0.39, 0.29) is 18.1 Å². The summed E-state index contributed by atoms with van der Waals surface area (Å²) in [4.78, 5) is 28.5. The van der Waals surface area contributed by atoms with Gasteiger partial charge in [0.25, 0.3) is 0 Å². The van der Waals surface area contributed by atoms with Crippen molar-refractivity contribution in [2.75, 3.05) is 7.11 Å². The number of pyridine rings is 1. The van der Waals surface area contributed by atoms with Gasteiger partial charge in [-0.05, 0) is 49.8 Å². The Bertz CT molecular complexity index is 888. The van der Waals surface area contributed by atoms with E-state index in [1.54, 1.807) is 23.1 Å². The quantitative estimate of drug-likeness (QED) is 0.631. The fourth-order valence-corrected chi connectivity index (χ4v) is 3.08. The molecular weight excluding hydrogens is 362 g/mol. The van der Waals surface area contributed by atoms with E-state index >= 15 is 0 Å². The topological polar surface area (TPSA) is 132 Å². The molecule has 1 unspecified atom stereocenters. The second-order valence-electron chi connectivity index (χ2n) is 6.62. The predicted molar refractivity (Wildman–Crippen MR) is 100 cm³/mol. The molecule has 0 radical (unpaired) electrons. The van der Waals surface area contributed by atoms with Gasteiger partial charge in [0.05, 0.1) is 31.1 Å². The van der Waals surface area contributed by atoms with Crippen molar-refractivity contribution in [2.24, 2.45) is 5.73 Å². The number of methoxy groups -OCH3 is 1.